The maximum Gasteiger partial charge on any atom is 0.173 e. The zero-order valence-electron chi connectivity index (χ0n) is 10.5. The van der Waals surface area contributed by atoms with Gasteiger partial charge in [0, 0.05) is 31.4 Å². The first-order valence-corrected chi connectivity index (χ1v) is 7.09. The molecule has 2 aliphatic heterocycles. The van der Waals surface area contributed by atoms with Crippen molar-refractivity contribution in [2.45, 2.75) is 18.9 Å². The van der Waals surface area contributed by atoms with E-state index in [2.05, 4.69) is 27.2 Å². The highest BCUT2D eigenvalue weighted by Crippen LogP contribution is 2.22. The van der Waals surface area contributed by atoms with E-state index >= 15 is 0 Å². The van der Waals surface area contributed by atoms with Gasteiger partial charge in [0.05, 0.1) is 0 Å². The van der Waals surface area contributed by atoms with Gasteiger partial charge in [-0.2, -0.15) is 0 Å². The van der Waals surface area contributed by atoms with E-state index in [-0.39, 0.29) is 0 Å². The Morgan fingerprint density at radius 3 is 2.83 bits per heavy atom. The smallest absolute Gasteiger partial charge is 0.173 e. The summed E-state index contributed by atoms with van der Waals surface area (Å²) in [4.78, 5) is 4.91. The molecule has 2 fully saturated rings. The average molecular weight is 261 g/mol. The molecule has 0 saturated carbocycles. The van der Waals surface area contributed by atoms with E-state index in [9.17, 15) is 0 Å². The summed E-state index contributed by atoms with van der Waals surface area (Å²) >= 11 is 5.51. The van der Waals surface area contributed by atoms with Crippen LogP contribution in [-0.2, 0) is 0 Å². The summed E-state index contributed by atoms with van der Waals surface area (Å²) < 4.78 is 0. The summed E-state index contributed by atoms with van der Waals surface area (Å²) in [7, 11) is 0. The van der Waals surface area contributed by atoms with E-state index in [0.717, 1.165) is 30.4 Å². The first kappa shape index (κ1) is 11.9. The van der Waals surface area contributed by atoms with E-state index in [4.69, 9.17) is 12.2 Å². The lowest BCUT2D eigenvalue weighted by molar-refractivity contribution is 0.153. The normalized spacial score (nSPS) is 23.8. The Balaban J connectivity index is 1.60. The van der Waals surface area contributed by atoms with E-state index in [0.29, 0.717) is 6.04 Å². The number of fused-ring (bicyclic) bond motifs is 1. The molecule has 1 aromatic carbocycles. The molecule has 0 aromatic heterocycles. The van der Waals surface area contributed by atoms with Crippen LogP contribution in [0.1, 0.15) is 12.8 Å². The number of anilines is 1. The number of nitrogens with one attached hydrogen (secondary N) is 1. The van der Waals surface area contributed by atoms with Gasteiger partial charge in [0.15, 0.2) is 5.11 Å². The molecule has 0 spiro atoms. The molecule has 2 saturated heterocycles. The van der Waals surface area contributed by atoms with Crippen molar-refractivity contribution in [2.24, 2.45) is 0 Å². The van der Waals surface area contributed by atoms with Gasteiger partial charge in [-0.1, -0.05) is 18.2 Å². The lowest BCUT2D eigenvalue weighted by Gasteiger charge is -2.38. The molecule has 96 valence electrons. The van der Waals surface area contributed by atoms with Gasteiger partial charge in [-0.15, -0.1) is 0 Å². The molecule has 2 heterocycles. The Bertz CT molecular complexity index is 420. The quantitative estimate of drug-likeness (QED) is 0.781. The monoisotopic (exact) mass is 261 g/mol. The van der Waals surface area contributed by atoms with Gasteiger partial charge in [0.1, 0.15) is 0 Å². The van der Waals surface area contributed by atoms with Crippen LogP contribution >= 0.6 is 12.2 Å². The fourth-order valence-corrected chi connectivity index (χ4v) is 3.18. The van der Waals surface area contributed by atoms with Crippen LogP contribution in [0.5, 0.6) is 0 Å². The second-order valence-electron chi connectivity index (χ2n) is 5.07. The topological polar surface area (TPSA) is 18.5 Å². The molecule has 1 atom stereocenters. The van der Waals surface area contributed by atoms with Gasteiger partial charge in [-0.3, -0.25) is 4.90 Å². The molecule has 1 N–H and O–H groups in total. The van der Waals surface area contributed by atoms with Gasteiger partial charge in [-0.05, 0) is 43.7 Å². The predicted octanol–water partition coefficient (Wildman–Crippen LogP) is 2.16. The van der Waals surface area contributed by atoms with Crippen molar-refractivity contribution in [1.29, 1.82) is 0 Å². The van der Waals surface area contributed by atoms with Crippen LogP contribution in [0.4, 0.5) is 5.69 Å². The van der Waals surface area contributed by atoms with Crippen molar-refractivity contribution in [2.75, 3.05) is 31.5 Å². The molecule has 4 heteroatoms. The van der Waals surface area contributed by atoms with Crippen LogP contribution in [-0.4, -0.2) is 47.1 Å². The van der Waals surface area contributed by atoms with Crippen molar-refractivity contribution >= 4 is 23.0 Å². The number of rotatable bonds is 1. The van der Waals surface area contributed by atoms with Gasteiger partial charge < -0.3 is 10.2 Å². The van der Waals surface area contributed by atoms with Crippen LogP contribution in [0.2, 0.25) is 0 Å². The zero-order chi connectivity index (χ0) is 12.4. The second kappa shape index (κ2) is 5.24. The minimum Gasteiger partial charge on any atom is -0.346 e. The summed E-state index contributed by atoms with van der Waals surface area (Å²) in [5, 5.41) is 4.20. The highest BCUT2D eigenvalue weighted by molar-refractivity contribution is 7.80. The Morgan fingerprint density at radius 2 is 2.00 bits per heavy atom. The summed E-state index contributed by atoms with van der Waals surface area (Å²) in [5.41, 5.74) is 1.08. The highest BCUT2D eigenvalue weighted by atomic mass is 32.1. The van der Waals surface area contributed by atoms with Crippen molar-refractivity contribution in [3.05, 3.63) is 30.3 Å². The fourth-order valence-electron chi connectivity index (χ4n) is 2.90. The molecule has 18 heavy (non-hydrogen) atoms. The third kappa shape index (κ3) is 2.49. The number of para-hydroxylation sites is 1. The standard InChI is InChI=1S/C14H19N3S/c18-14(15-12-5-2-1-3-6-12)17-10-9-16-8-4-7-13(16)11-17/h1-3,5-6,13H,4,7-11H2,(H,15,18)/t13-/m0/s1. The number of hydrogen-bond acceptors (Lipinski definition) is 2. The predicted molar refractivity (Wildman–Crippen MR) is 78.8 cm³/mol. The van der Waals surface area contributed by atoms with Crippen molar-refractivity contribution < 1.29 is 0 Å². The van der Waals surface area contributed by atoms with E-state index < -0.39 is 0 Å². The largest absolute Gasteiger partial charge is 0.346 e. The van der Waals surface area contributed by atoms with E-state index in [1.165, 1.54) is 19.4 Å². The molecule has 0 radical (unpaired) electrons. The number of thiocarbonyl (C=S) groups is 1. The Kier molecular flexibility index (Phi) is 3.48. The summed E-state index contributed by atoms with van der Waals surface area (Å²) in [5.74, 6) is 0. The molecule has 0 unspecified atom stereocenters. The van der Waals surface area contributed by atoms with E-state index in [1.54, 1.807) is 0 Å². The highest BCUT2D eigenvalue weighted by Gasteiger charge is 2.31. The zero-order valence-corrected chi connectivity index (χ0v) is 11.3. The third-order valence-corrected chi connectivity index (χ3v) is 4.26. The lowest BCUT2D eigenvalue weighted by atomic mass is 10.2. The van der Waals surface area contributed by atoms with Crippen LogP contribution < -0.4 is 5.32 Å². The number of hydrogen-bond donors (Lipinski definition) is 1. The van der Waals surface area contributed by atoms with Crippen LogP contribution in [0.15, 0.2) is 30.3 Å². The van der Waals surface area contributed by atoms with Gasteiger partial charge in [-0.25, -0.2) is 0 Å². The number of piperazine rings is 1. The molecule has 1 aromatic rings. The van der Waals surface area contributed by atoms with Crippen LogP contribution in [0.3, 0.4) is 0 Å². The molecule has 3 rings (SSSR count). The molecule has 0 aliphatic carbocycles. The van der Waals surface area contributed by atoms with Crippen molar-refractivity contribution in [3.8, 4) is 0 Å². The first-order valence-electron chi connectivity index (χ1n) is 6.68. The molecule has 0 bridgehead atoms. The Hall–Kier alpha value is -1.13. The minimum absolute atomic E-state index is 0.717. The van der Waals surface area contributed by atoms with Gasteiger partial charge >= 0.3 is 0 Å². The molecular weight excluding hydrogens is 242 g/mol. The van der Waals surface area contributed by atoms with Crippen molar-refractivity contribution in [3.63, 3.8) is 0 Å². The van der Waals surface area contributed by atoms with Gasteiger partial charge in [0.25, 0.3) is 0 Å². The summed E-state index contributed by atoms with van der Waals surface area (Å²) in [6, 6.07) is 10.9. The van der Waals surface area contributed by atoms with Gasteiger partial charge in [0.2, 0.25) is 0 Å². The van der Waals surface area contributed by atoms with Crippen LogP contribution in [0, 0.1) is 0 Å². The second-order valence-corrected chi connectivity index (χ2v) is 5.46. The Labute approximate surface area is 114 Å². The van der Waals surface area contributed by atoms with Crippen molar-refractivity contribution in [1.82, 2.24) is 9.80 Å². The summed E-state index contributed by atoms with van der Waals surface area (Å²) in [6.45, 7) is 4.56. The SMILES string of the molecule is S=C(Nc1ccccc1)N1CCN2CCC[C@H]2C1. The lowest BCUT2D eigenvalue weighted by Crippen LogP contribution is -2.53. The molecule has 2 aliphatic rings. The van der Waals surface area contributed by atoms with Crippen LogP contribution in [0.25, 0.3) is 0 Å². The first-order chi connectivity index (χ1) is 8.83. The maximum absolute atomic E-state index is 5.51. The number of benzene rings is 1. The average Bonchev–Trinajstić information content (AvgIpc) is 2.87. The minimum atomic E-state index is 0.717. The summed E-state index contributed by atoms with van der Waals surface area (Å²) in [6.07, 6.45) is 2.67. The third-order valence-electron chi connectivity index (χ3n) is 3.90. The molecule has 0 amide bonds. The number of nitrogens with zero attached hydrogens (tertiary/aromatic N) is 2. The van der Waals surface area contributed by atoms with E-state index in [1.807, 2.05) is 18.2 Å². The fraction of sp³-hybridized carbons (Fsp3) is 0.500. The maximum atomic E-state index is 5.51. The molecule has 3 nitrogen and oxygen atoms in total. The molecular formula is C14H19N3S. The Morgan fingerprint density at radius 1 is 1.17 bits per heavy atom.